The van der Waals surface area contributed by atoms with Crippen LogP contribution in [0.4, 0.5) is 0 Å². The molecule has 0 aromatic rings. The third-order valence-corrected chi connectivity index (χ3v) is 9.88. The summed E-state index contributed by atoms with van der Waals surface area (Å²) in [5, 5.41) is 22.8. The molecule has 0 aromatic carbocycles. The van der Waals surface area contributed by atoms with Crippen LogP contribution < -0.4 is 5.32 Å². The second-order valence-electron chi connectivity index (χ2n) is 15.0. The average molecular weight is 732 g/mol. The van der Waals surface area contributed by atoms with Crippen LogP contribution in [-0.2, 0) is 14.3 Å². The van der Waals surface area contributed by atoms with Gasteiger partial charge in [0, 0.05) is 12.8 Å². The van der Waals surface area contributed by atoms with E-state index in [9.17, 15) is 19.8 Å². The highest BCUT2D eigenvalue weighted by Gasteiger charge is 2.18. The Morgan fingerprint density at radius 2 is 0.904 bits per heavy atom. The minimum absolute atomic E-state index is 0.0426. The van der Waals surface area contributed by atoms with Crippen LogP contribution in [0.15, 0.2) is 36.5 Å². The molecule has 52 heavy (non-hydrogen) atoms. The molecule has 6 heteroatoms. The first-order valence-corrected chi connectivity index (χ1v) is 22.3. The molecule has 0 aliphatic carbocycles. The molecule has 0 saturated carbocycles. The Balaban J connectivity index is 3.55. The number of ether oxygens (including phenoxy) is 1. The number of carbonyl (C=O) groups excluding carboxylic acids is 2. The highest BCUT2D eigenvalue weighted by Crippen LogP contribution is 2.13. The van der Waals surface area contributed by atoms with Gasteiger partial charge in [0.05, 0.1) is 25.4 Å². The van der Waals surface area contributed by atoms with Gasteiger partial charge in [-0.25, -0.2) is 0 Å². The summed E-state index contributed by atoms with van der Waals surface area (Å²) in [6.07, 6.45) is 48.5. The van der Waals surface area contributed by atoms with Gasteiger partial charge in [-0.15, -0.1) is 0 Å². The predicted molar refractivity (Wildman–Crippen MR) is 222 cm³/mol. The van der Waals surface area contributed by atoms with Gasteiger partial charge >= 0.3 is 5.97 Å². The van der Waals surface area contributed by atoms with Crippen LogP contribution in [0.2, 0.25) is 0 Å². The van der Waals surface area contributed by atoms with Crippen molar-refractivity contribution in [3.05, 3.63) is 36.5 Å². The molecule has 2 unspecified atom stereocenters. The molecule has 0 aliphatic heterocycles. The number of aliphatic hydroxyl groups is 2. The Bertz CT molecular complexity index is 854. The van der Waals surface area contributed by atoms with Crippen LogP contribution in [0.1, 0.15) is 219 Å². The summed E-state index contributed by atoms with van der Waals surface area (Å²) in [6.45, 7) is 4.76. The normalized spacial score (nSPS) is 13.1. The van der Waals surface area contributed by atoms with Crippen LogP contribution in [0.25, 0.3) is 0 Å². The zero-order valence-corrected chi connectivity index (χ0v) is 34.3. The van der Waals surface area contributed by atoms with Crippen LogP contribution in [-0.4, -0.2) is 47.4 Å². The molecule has 0 saturated heterocycles. The van der Waals surface area contributed by atoms with E-state index in [4.69, 9.17) is 4.74 Å². The van der Waals surface area contributed by atoms with Crippen LogP contribution >= 0.6 is 0 Å². The van der Waals surface area contributed by atoms with Crippen LogP contribution in [0.3, 0.4) is 0 Å². The number of amides is 1. The summed E-state index contributed by atoms with van der Waals surface area (Å²) < 4.78 is 5.42. The highest BCUT2D eigenvalue weighted by molar-refractivity contribution is 5.76. The third kappa shape index (κ3) is 37.8. The van der Waals surface area contributed by atoms with Gasteiger partial charge in [0.1, 0.15) is 0 Å². The minimum Gasteiger partial charge on any atom is -0.466 e. The van der Waals surface area contributed by atoms with E-state index in [-0.39, 0.29) is 18.5 Å². The van der Waals surface area contributed by atoms with Gasteiger partial charge < -0.3 is 20.3 Å². The molecule has 1 amide bonds. The van der Waals surface area contributed by atoms with Crippen molar-refractivity contribution in [2.45, 2.75) is 231 Å². The first-order chi connectivity index (χ1) is 25.5. The number of aliphatic hydroxyl groups excluding tert-OH is 2. The van der Waals surface area contributed by atoms with Crippen molar-refractivity contribution in [2.75, 3.05) is 13.2 Å². The molecule has 2 atom stereocenters. The van der Waals surface area contributed by atoms with Crippen LogP contribution in [0, 0.1) is 0 Å². The van der Waals surface area contributed by atoms with Gasteiger partial charge in [-0.05, 0) is 83.5 Å². The monoisotopic (exact) mass is 732 g/mol. The molecule has 0 rings (SSSR count). The van der Waals surface area contributed by atoms with Crippen LogP contribution in [0.5, 0.6) is 0 Å². The molecule has 0 bridgehead atoms. The summed E-state index contributed by atoms with van der Waals surface area (Å²) >= 11 is 0. The molecule has 0 fully saturated rings. The molecule has 0 aliphatic rings. The smallest absolute Gasteiger partial charge is 0.305 e. The Morgan fingerprint density at radius 1 is 0.519 bits per heavy atom. The van der Waals surface area contributed by atoms with E-state index in [0.717, 1.165) is 83.5 Å². The second-order valence-corrected chi connectivity index (χ2v) is 15.0. The highest BCUT2D eigenvalue weighted by atomic mass is 16.5. The van der Waals surface area contributed by atoms with Gasteiger partial charge in [0.25, 0.3) is 0 Å². The molecule has 0 aromatic heterocycles. The predicted octanol–water partition coefficient (Wildman–Crippen LogP) is 12.6. The van der Waals surface area contributed by atoms with E-state index in [2.05, 4.69) is 43.5 Å². The molecule has 0 spiro atoms. The summed E-state index contributed by atoms with van der Waals surface area (Å²) in [7, 11) is 0. The molecule has 0 radical (unpaired) electrons. The fourth-order valence-corrected chi connectivity index (χ4v) is 6.38. The Morgan fingerprint density at radius 3 is 1.37 bits per heavy atom. The number of rotatable bonds is 40. The topological polar surface area (TPSA) is 95.9 Å². The van der Waals surface area contributed by atoms with Gasteiger partial charge in [-0.3, -0.25) is 9.59 Å². The maximum atomic E-state index is 12.3. The first kappa shape index (κ1) is 50.1. The van der Waals surface area contributed by atoms with Crippen molar-refractivity contribution < 1.29 is 24.5 Å². The van der Waals surface area contributed by atoms with Crippen molar-refractivity contribution in [3.63, 3.8) is 0 Å². The van der Waals surface area contributed by atoms with Gasteiger partial charge in [-0.2, -0.15) is 0 Å². The van der Waals surface area contributed by atoms with E-state index in [0.29, 0.717) is 19.4 Å². The van der Waals surface area contributed by atoms with Crippen molar-refractivity contribution in [2.24, 2.45) is 0 Å². The lowest BCUT2D eigenvalue weighted by atomic mass is 10.1. The fraction of sp³-hybridized carbons (Fsp3) is 0.826. The Labute approximate surface area is 322 Å². The summed E-state index contributed by atoms with van der Waals surface area (Å²) in [4.78, 5) is 24.3. The number of hydrogen-bond acceptors (Lipinski definition) is 5. The van der Waals surface area contributed by atoms with Crippen molar-refractivity contribution >= 4 is 11.9 Å². The van der Waals surface area contributed by atoms with Crippen molar-refractivity contribution in [3.8, 4) is 0 Å². The maximum Gasteiger partial charge on any atom is 0.305 e. The fourth-order valence-electron chi connectivity index (χ4n) is 6.38. The molecule has 0 heterocycles. The Hall–Kier alpha value is -1.92. The number of unbranched alkanes of at least 4 members (excludes halogenated alkanes) is 25. The summed E-state index contributed by atoms with van der Waals surface area (Å²) in [5.74, 6) is -0.145. The van der Waals surface area contributed by atoms with Gasteiger partial charge in [0.15, 0.2) is 0 Å². The lowest BCUT2D eigenvalue weighted by molar-refractivity contribution is -0.143. The first-order valence-electron chi connectivity index (χ1n) is 22.3. The molecule has 6 nitrogen and oxygen atoms in total. The number of nitrogens with one attached hydrogen (secondary N) is 1. The maximum absolute atomic E-state index is 12.3. The zero-order chi connectivity index (χ0) is 38.0. The van der Waals surface area contributed by atoms with E-state index >= 15 is 0 Å². The number of allylic oxidation sites excluding steroid dienone is 5. The molecular weight excluding hydrogens is 647 g/mol. The second kappa shape index (κ2) is 41.8. The third-order valence-electron chi connectivity index (χ3n) is 9.88. The average Bonchev–Trinajstić information content (AvgIpc) is 3.14. The molecule has 3 N–H and O–H groups in total. The van der Waals surface area contributed by atoms with E-state index in [1.807, 2.05) is 6.08 Å². The number of hydrogen-bond donors (Lipinski definition) is 3. The lowest BCUT2D eigenvalue weighted by Gasteiger charge is -2.20. The molecule has 304 valence electrons. The zero-order valence-electron chi connectivity index (χ0n) is 34.3. The number of carbonyl (C=O) groups is 2. The van der Waals surface area contributed by atoms with Crippen molar-refractivity contribution in [1.82, 2.24) is 5.32 Å². The standard InChI is InChI=1S/C46H85NO5/c1-3-5-7-9-11-13-14-15-16-17-20-24-28-32-36-40-46(51)52-41-37-33-29-25-21-18-19-23-27-31-35-39-45(50)47-43(42-48)44(49)38-34-30-26-22-12-10-8-6-4-2/h15-16,21,25,34,38,43-44,48-49H,3-14,17-20,22-24,26-33,35-37,39-42H2,1-2H3,(H,47,50)/b16-15-,25-21-,38-34+. The SMILES string of the molecule is CCCCCCCC/C=C\CCCCCCCC(=O)OCCCC/C=C\CCCCCCCC(=O)NC(CO)C(O)/C=C/CCCCCCCCC. The minimum atomic E-state index is -0.860. The Kier molecular flexibility index (Phi) is 40.3. The molecular formula is C46H85NO5. The quantitative estimate of drug-likeness (QED) is 0.0331. The van der Waals surface area contributed by atoms with E-state index < -0.39 is 12.1 Å². The van der Waals surface area contributed by atoms with E-state index in [1.165, 1.54) is 109 Å². The van der Waals surface area contributed by atoms with E-state index in [1.54, 1.807) is 6.08 Å². The largest absolute Gasteiger partial charge is 0.466 e. The number of esters is 1. The summed E-state index contributed by atoms with van der Waals surface area (Å²) in [6, 6.07) is -0.647. The van der Waals surface area contributed by atoms with Crippen molar-refractivity contribution in [1.29, 1.82) is 0 Å². The van der Waals surface area contributed by atoms with Gasteiger partial charge in [-0.1, -0.05) is 159 Å². The lowest BCUT2D eigenvalue weighted by Crippen LogP contribution is -2.45. The summed E-state index contributed by atoms with van der Waals surface area (Å²) in [5.41, 5.74) is 0. The van der Waals surface area contributed by atoms with Gasteiger partial charge in [0.2, 0.25) is 5.91 Å².